The van der Waals surface area contributed by atoms with Gasteiger partial charge in [-0.2, -0.15) is 4.98 Å². The maximum Gasteiger partial charge on any atom is 0.233 e. The molecule has 3 rings (SSSR count). The minimum absolute atomic E-state index is 0.129. The molecule has 2 heterocycles. The second kappa shape index (κ2) is 4.12. The number of rotatable bonds is 3. The van der Waals surface area contributed by atoms with Gasteiger partial charge in [-0.3, -0.25) is 4.98 Å². The molecule has 0 aromatic carbocycles. The summed E-state index contributed by atoms with van der Waals surface area (Å²) in [7, 11) is 1.57. The van der Waals surface area contributed by atoms with Gasteiger partial charge in [-0.15, -0.1) is 0 Å². The van der Waals surface area contributed by atoms with Gasteiger partial charge in [0, 0.05) is 18.6 Å². The van der Waals surface area contributed by atoms with Crippen molar-refractivity contribution in [1.29, 1.82) is 0 Å². The SMILES string of the molecule is COc1cncc(NC2C(N)C3CCOC32)n1. The van der Waals surface area contributed by atoms with Crippen molar-refractivity contribution >= 4 is 5.82 Å². The van der Waals surface area contributed by atoms with E-state index in [1.807, 2.05) is 0 Å². The fourth-order valence-electron chi connectivity index (χ4n) is 2.61. The lowest BCUT2D eigenvalue weighted by molar-refractivity contribution is 0.00521. The van der Waals surface area contributed by atoms with Gasteiger partial charge in [-0.25, -0.2) is 0 Å². The molecule has 1 aliphatic carbocycles. The Morgan fingerprint density at radius 1 is 1.53 bits per heavy atom. The minimum atomic E-state index is 0.129. The average Bonchev–Trinajstić information content (AvgIpc) is 2.81. The lowest BCUT2D eigenvalue weighted by Gasteiger charge is -2.45. The van der Waals surface area contributed by atoms with E-state index in [1.54, 1.807) is 19.5 Å². The van der Waals surface area contributed by atoms with Crippen molar-refractivity contribution in [2.75, 3.05) is 19.0 Å². The Morgan fingerprint density at radius 3 is 3.24 bits per heavy atom. The van der Waals surface area contributed by atoms with Gasteiger partial charge in [0.25, 0.3) is 0 Å². The normalized spacial score (nSPS) is 34.9. The van der Waals surface area contributed by atoms with E-state index in [-0.39, 0.29) is 18.2 Å². The smallest absolute Gasteiger partial charge is 0.233 e. The number of nitrogens with one attached hydrogen (secondary N) is 1. The number of nitrogens with two attached hydrogens (primary N) is 1. The topological polar surface area (TPSA) is 82.3 Å². The van der Waals surface area contributed by atoms with E-state index >= 15 is 0 Å². The van der Waals surface area contributed by atoms with Crippen LogP contribution in [-0.2, 0) is 4.74 Å². The van der Waals surface area contributed by atoms with E-state index in [2.05, 4.69) is 15.3 Å². The van der Waals surface area contributed by atoms with Crippen LogP contribution in [0.3, 0.4) is 0 Å². The summed E-state index contributed by atoms with van der Waals surface area (Å²) in [6.45, 7) is 0.811. The highest BCUT2D eigenvalue weighted by Crippen LogP contribution is 2.39. The minimum Gasteiger partial charge on any atom is -0.480 e. The molecule has 2 aliphatic rings. The van der Waals surface area contributed by atoms with Crippen LogP contribution < -0.4 is 15.8 Å². The summed E-state index contributed by atoms with van der Waals surface area (Å²) >= 11 is 0. The number of aromatic nitrogens is 2. The monoisotopic (exact) mass is 236 g/mol. The number of nitrogens with zero attached hydrogens (tertiary/aromatic N) is 2. The fraction of sp³-hybridized carbons (Fsp3) is 0.636. The molecular formula is C11H16N4O2. The summed E-state index contributed by atoms with van der Waals surface area (Å²) in [4.78, 5) is 8.30. The first-order valence-corrected chi connectivity index (χ1v) is 5.79. The van der Waals surface area contributed by atoms with Gasteiger partial charge in [0.05, 0.1) is 31.6 Å². The zero-order valence-corrected chi connectivity index (χ0v) is 9.67. The highest BCUT2D eigenvalue weighted by molar-refractivity contribution is 5.38. The summed E-state index contributed by atoms with van der Waals surface area (Å²) in [5, 5.41) is 3.27. The van der Waals surface area contributed by atoms with Crippen molar-refractivity contribution in [3.05, 3.63) is 12.4 Å². The van der Waals surface area contributed by atoms with Crippen molar-refractivity contribution in [2.45, 2.75) is 24.6 Å². The van der Waals surface area contributed by atoms with Gasteiger partial charge < -0.3 is 20.5 Å². The second-order valence-corrected chi connectivity index (χ2v) is 4.48. The Balaban J connectivity index is 1.70. The molecule has 1 aromatic rings. The van der Waals surface area contributed by atoms with E-state index in [4.69, 9.17) is 15.2 Å². The number of hydrogen-bond donors (Lipinski definition) is 2. The molecule has 4 unspecified atom stereocenters. The molecule has 0 radical (unpaired) electrons. The number of methoxy groups -OCH3 is 1. The first kappa shape index (κ1) is 10.7. The van der Waals surface area contributed by atoms with E-state index in [0.29, 0.717) is 17.6 Å². The summed E-state index contributed by atoms with van der Waals surface area (Å²) in [5.74, 6) is 1.66. The van der Waals surface area contributed by atoms with Crippen molar-refractivity contribution < 1.29 is 9.47 Å². The molecule has 4 atom stereocenters. The number of anilines is 1. The Labute approximate surface area is 99.5 Å². The van der Waals surface area contributed by atoms with Gasteiger partial charge in [-0.1, -0.05) is 0 Å². The predicted octanol–water partition coefficient (Wildman–Crippen LogP) is 0.0117. The maximum atomic E-state index is 6.10. The molecule has 17 heavy (non-hydrogen) atoms. The van der Waals surface area contributed by atoms with Crippen molar-refractivity contribution in [1.82, 2.24) is 9.97 Å². The molecule has 92 valence electrons. The summed E-state index contributed by atoms with van der Waals surface area (Å²) in [5.41, 5.74) is 6.10. The van der Waals surface area contributed by atoms with E-state index < -0.39 is 0 Å². The molecule has 1 aliphatic heterocycles. The van der Waals surface area contributed by atoms with Crippen LogP contribution in [0.2, 0.25) is 0 Å². The molecule has 0 spiro atoms. The molecule has 1 saturated carbocycles. The average molecular weight is 236 g/mol. The fourth-order valence-corrected chi connectivity index (χ4v) is 2.61. The van der Waals surface area contributed by atoms with E-state index in [1.165, 1.54) is 0 Å². The largest absolute Gasteiger partial charge is 0.480 e. The Morgan fingerprint density at radius 2 is 2.41 bits per heavy atom. The van der Waals surface area contributed by atoms with Crippen LogP contribution in [0.15, 0.2) is 12.4 Å². The third kappa shape index (κ3) is 1.73. The van der Waals surface area contributed by atoms with Gasteiger partial charge in [0.2, 0.25) is 5.88 Å². The Hall–Kier alpha value is -1.40. The highest BCUT2D eigenvalue weighted by atomic mass is 16.5. The van der Waals surface area contributed by atoms with Crippen LogP contribution in [0, 0.1) is 5.92 Å². The maximum absolute atomic E-state index is 6.10. The molecule has 3 N–H and O–H groups in total. The molecule has 1 aromatic heterocycles. The Kier molecular flexibility index (Phi) is 2.60. The van der Waals surface area contributed by atoms with Gasteiger partial charge in [0.1, 0.15) is 5.82 Å². The second-order valence-electron chi connectivity index (χ2n) is 4.48. The standard InChI is InChI=1S/C11H16N4O2/c1-16-8-5-13-4-7(14-8)15-10-9(12)6-2-3-17-11(6)10/h4-6,9-11H,2-3,12H2,1H3,(H,14,15). The third-order valence-electron chi connectivity index (χ3n) is 3.58. The molecule has 6 nitrogen and oxygen atoms in total. The van der Waals surface area contributed by atoms with Crippen molar-refractivity contribution in [3.8, 4) is 5.88 Å². The quantitative estimate of drug-likeness (QED) is 0.769. The molecule has 1 saturated heterocycles. The van der Waals surface area contributed by atoms with Gasteiger partial charge >= 0.3 is 0 Å². The summed E-state index contributed by atoms with van der Waals surface area (Å²) in [6.07, 6.45) is 4.52. The first-order chi connectivity index (χ1) is 8.29. The van der Waals surface area contributed by atoms with Crippen LogP contribution in [0.4, 0.5) is 5.82 Å². The number of ether oxygens (including phenoxy) is 2. The lowest BCUT2D eigenvalue weighted by Crippen LogP contribution is -2.65. The van der Waals surface area contributed by atoms with Crippen LogP contribution in [0.5, 0.6) is 5.88 Å². The van der Waals surface area contributed by atoms with Crippen LogP contribution in [0.1, 0.15) is 6.42 Å². The zero-order chi connectivity index (χ0) is 11.8. The molecule has 0 bridgehead atoms. The molecule has 6 heteroatoms. The van der Waals surface area contributed by atoms with Crippen LogP contribution in [-0.4, -0.2) is 41.9 Å². The highest BCUT2D eigenvalue weighted by Gasteiger charge is 2.52. The molecule has 0 amide bonds. The first-order valence-electron chi connectivity index (χ1n) is 5.79. The lowest BCUT2D eigenvalue weighted by atomic mass is 9.72. The summed E-state index contributed by atoms with van der Waals surface area (Å²) in [6, 6.07) is 0.263. The zero-order valence-electron chi connectivity index (χ0n) is 9.67. The van der Waals surface area contributed by atoms with Gasteiger partial charge in [0.15, 0.2) is 0 Å². The predicted molar refractivity (Wildman–Crippen MR) is 61.8 cm³/mol. The molecular weight excluding hydrogens is 220 g/mol. The van der Waals surface area contributed by atoms with Gasteiger partial charge in [-0.05, 0) is 6.42 Å². The van der Waals surface area contributed by atoms with E-state index in [0.717, 1.165) is 13.0 Å². The van der Waals surface area contributed by atoms with Crippen LogP contribution in [0.25, 0.3) is 0 Å². The van der Waals surface area contributed by atoms with E-state index in [9.17, 15) is 0 Å². The Bertz CT molecular complexity index is 414. The summed E-state index contributed by atoms with van der Waals surface area (Å²) < 4.78 is 10.7. The number of fused-ring (bicyclic) bond motifs is 1. The van der Waals surface area contributed by atoms with Crippen molar-refractivity contribution in [2.24, 2.45) is 11.7 Å². The third-order valence-corrected chi connectivity index (χ3v) is 3.58. The van der Waals surface area contributed by atoms with Crippen LogP contribution >= 0.6 is 0 Å². The number of hydrogen-bond acceptors (Lipinski definition) is 6. The molecule has 2 fully saturated rings. The van der Waals surface area contributed by atoms with Crippen molar-refractivity contribution in [3.63, 3.8) is 0 Å².